The van der Waals surface area contributed by atoms with Crippen LogP contribution < -0.4 is 5.32 Å². The topological polar surface area (TPSA) is 96.0 Å². The molecule has 162 valence electrons. The van der Waals surface area contributed by atoms with E-state index in [2.05, 4.69) is 5.32 Å². The average molecular weight is 426 g/mol. The van der Waals surface area contributed by atoms with E-state index in [1.807, 2.05) is 13.8 Å². The summed E-state index contributed by atoms with van der Waals surface area (Å²) >= 11 is 0. The predicted molar refractivity (Wildman–Crippen MR) is 111 cm³/mol. The van der Waals surface area contributed by atoms with Crippen molar-refractivity contribution >= 4 is 27.6 Å². The molecule has 2 rings (SSSR count). The number of benzene rings is 1. The van der Waals surface area contributed by atoms with Crippen molar-refractivity contribution < 1.29 is 22.7 Å². The SMILES string of the molecule is CCOC(=O)C1CCN(C(=O)CNc2cc(S(=O)(=O)N(C)C)cc(C)c2C)CC1. The number of sulfonamides is 1. The largest absolute Gasteiger partial charge is 0.466 e. The van der Waals surface area contributed by atoms with Crippen LogP contribution in [0.3, 0.4) is 0 Å². The maximum atomic E-state index is 12.6. The van der Waals surface area contributed by atoms with Crippen LogP contribution in [0.5, 0.6) is 0 Å². The maximum absolute atomic E-state index is 12.6. The summed E-state index contributed by atoms with van der Waals surface area (Å²) in [7, 11) is -0.588. The number of carbonyl (C=O) groups excluding carboxylic acids is 2. The minimum absolute atomic E-state index is 0.0653. The van der Waals surface area contributed by atoms with Gasteiger partial charge >= 0.3 is 5.97 Å². The van der Waals surface area contributed by atoms with Crippen molar-refractivity contribution in [2.24, 2.45) is 5.92 Å². The van der Waals surface area contributed by atoms with Gasteiger partial charge in [-0.25, -0.2) is 12.7 Å². The third kappa shape index (κ3) is 5.48. The first-order valence-electron chi connectivity index (χ1n) is 9.80. The molecule has 9 heteroatoms. The first-order valence-corrected chi connectivity index (χ1v) is 11.2. The van der Waals surface area contributed by atoms with Crippen LogP contribution >= 0.6 is 0 Å². The standard InChI is InChI=1S/C20H31N3O5S/c1-6-28-20(25)16-7-9-23(10-8-16)19(24)13-21-18-12-17(11-14(2)15(18)3)29(26,27)22(4)5/h11-12,16,21H,6-10,13H2,1-5H3. The average Bonchev–Trinajstić information content (AvgIpc) is 2.68. The molecule has 0 aliphatic carbocycles. The van der Waals surface area contributed by atoms with Crippen LogP contribution in [-0.4, -0.2) is 69.8 Å². The molecule has 1 fully saturated rings. The van der Waals surface area contributed by atoms with Gasteiger partial charge in [0.15, 0.2) is 0 Å². The van der Waals surface area contributed by atoms with Crippen LogP contribution in [0.4, 0.5) is 5.69 Å². The Labute approximate surface area is 173 Å². The molecule has 0 unspecified atom stereocenters. The fraction of sp³-hybridized carbons (Fsp3) is 0.600. The summed E-state index contributed by atoms with van der Waals surface area (Å²) in [4.78, 5) is 26.3. The summed E-state index contributed by atoms with van der Waals surface area (Å²) in [6.07, 6.45) is 1.19. The van der Waals surface area contributed by atoms with E-state index in [1.54, 1.807) is 24.0 Å². The molecule has 1 aliphatic heterocycles. The quantitative estimate of drug-likeness (QED) is 0.669. The predicted octanol–water partition coefficient (Wildman–Crippen LogP) is 1.77. The van der Waals surface area contributed by atoms with Gasteiger partial charge in [-0.2, -0.15) is 0 Å². The van der Waals surface area contributed by atoms with E-state index in [0.29, 0.717) is 38.2 Å². The Morgan fingerprint density at radius 3 is 2.38 bits per heavy atom. The normalized spacial score (nSPS) is 15.4. The molecule has 1 aliphatic rings. The molecular weight excluding hydrogens is 394 g/mol. The Kier molecular flexibility index (Phi) is 7.65. The molecule has 8 nitrogen and oxygen atoms in total. The molecule has 0 aromatic heterocycles. The number of likely N-dealkylation sites (tertiary alicyclic amines) is 1. The summed E-state index contributed by atoms with van der Waals surface area (Å²) < 4.78 is 31.1. The Morgan fingerprint density at radius 2 is 1.83 bits per heavy atom. The number of rotatable bonds is 7. The second-order valence-corrected chi connectivity index (χ2v) is 9.61. The maximum Gasteiger partial charge on any atom is 0.309 e. The van der Waals surface area contributed by atoms with E-state index in [1.165, 1.54) is 18.4 Å². The number of amides is 1. The lowest BCUT2D eigenvalue weighted by atomic mass is 9.97. The molecule has 0 atom stereocenters. The minimum Gasteiger partial charge on any atom is -0.466 e. The van der Waals surface area contributed by atoms with Crippen LogP contribution in [0.25, 0.3) is 0 Å². The zero-order valence-corrected chi connectivity index (χ0v) is 18.6. The van der Waals surface area contributed by atoms with Crippen molar-refractivity contribution in [3.05, 3.63) is 23.3 Å². The van der Waals surface area contributed by atoms with Crippen LogP contribution in [0.1, 0.15) is 30.9 Å². The molecule has 1 heterocycles. The van der Waals surface area contributed by atoms with Crippen LogP contribution in [0, 0.1) is 19.8 Å². The molecular formula is C20H31N3O5S. The second-order valence-electron chi connectivity index (χ2n) is 7.46. The van der Waals surface area contributed by atoms with Crippen molar-refractivity contribution in [1.29, 1.82) is 0 Å². The molecule has 0 spiro atoms. The number of carbonyl (C=O) groups is 2. The summed E-state index contributed by atoms with van der Waals surface area (Å²) in [5.74, 6) is -0.419. The zero-order valence-electron chi connectivity index (χ0n) is 17.8. The number of hydrogen-bond donors (Lipinski definition) is 1. The number of nitrogens with one attached hydrogen (secondary N) is 1. The van der Waals surface area contributed by atoms with E-state index < -0.39 is 10.0 Å². The lowest BCUT2D eigenvalue weighted by Crippen LogP contribution is -2.43. The minimum atomic E-state index is -3.56. The van der Waals surface area contributed by atoms with E-state index >= 15 is 0 Å². The third-order valence-corrected chi connectivity index (χ3v) is 7.11. The fourth-order valence-electron chi connectivity index (χ4n) is 3.28. The number of ether oxygens (including phenoxy) is 1. The van der Waals surface area contributed by atoms with E-state index in [-0.39, 0.29) is 29.2 Å². The third-order valence-electron chi connectivity index (χ3n) is 5.32. The van der Waals surface area contributed by atoms with Gasteiger partial charge in [0.1, 0.15) is 0 Å². The second kappa shape index (κ2) is 9.58. The highest BCUT2D eigenvalue weighted by molar-refractivity contribution is 7.89. The highest BCUT2D eigenvalue weighted by atomic mass is 32.2. The van der Waals surface area contributed by atoms with Gasteiger partial charge in [0.05, 0.1) is 24.0 Å². The molecule has 29 heavy (non-hydrogen) atoms. The van der Waals surface area contributed by atoms with Gasteiger partial charge in [0, 0.05) is 32.9 Å². The summed E-state index contributed by atoms with van der Waals surface area (Å²) in [6, 6.07) is 3.20. The summed E-state index contributed by atoms with van der Waals surface area (Å²) in [5.41, 5.74) is 2.36. The smallest absolute Gasteiger partial charge is 0.309 e. The lowest BCUT2D eigenvalue weighted by molar-refractivity contribution is -0.151. The van der Waals surface area contributed by atoms with Crippen molar-refractivity contribution in [3.8, 4) is 0 Å². The zero-order chi connectivity index (χ0) is 21.8. The molecule has 1 aromatic rings. The van der Waals surface area contributed by atoms with Crippen molar-refractivity contribution in [3.63, 3.8) is 0 Å². The van der Waals surface area contributed by atoms with Gasteiger partial charge in [0.25, 0.3) is 0 Å². The molecule has 0 saturated carbocycles. The lowest BCUT2D eigenvalue weighted by Gasteiger charge is -2.31. The van der Waals surface area contributed by atoms with Gasteiger partial charge in [-0.15, -0.1) is 0 Å². The summed E-state index contributed by atoms with van der Waals surface area (Å²) in [6.45, 7) is 6.97. The number of aryl methyl sites for hydroxylation is 1. The van der Waals surface area contributed by atoms with Gasteiger partial charge in [-0.3, -0.25) is 9.59 Å². The Bertz CT molecular complexity index is 859. The highest BCUT2D eigenvalue weighted by Crippen LogP contribution is 2.26. The van der Waals surface area contributed by atoms with Gasteiger partial charge in [-0.05, 0) is 56.9 Å². The Balaban J connectivity index is 2.02. The van der Waals surface area contributed by atoms with Gasteiger partial charge in [-0.1, -0.05) is 0 Å². The number of anilines is 1. The van der Waals surface area contributed by atoms with E-state index in [0.717, 1.165) is 11.1 Å². The first kappa shape index (κ1) is 23.2. The van der Waals surface area contributed by atoms with Crippen molar-refractivity contribution in [2.45, 2.75) is 38.5 Å². The van der Waals surface area contributed by atoms with E-state index in [4.69, 9.17) is 4.74 Å². The van der Waals surface area contributed by atoms with Crippen molar-refractivity contribution in [2.75, 3.05) is 45.7 Å². The fourth-order valence-corrected chi connectivity index (χ4v) is 4.29. The van der Waals surface area contributed by atoms with Gasteiger partial charge in [0.2, 0.25) is 15.9 Å². The van der Waals surface area contributed by atoms with Crippen LogP contribution in [0.2, 0.25) is 0 Å². The molecule has 1 aromatic carbocycles. The first-order chi connectivity index (χ1) is 13.6. The molecule has 1 N–H and O–H groups in total. The molecule has 1 amide bonds. The molecule has 1 saturated heterocycles. The van der Waals surface area contributed by atoms with Crippen molar-refractivity contribution in [1.82, 2.24) is 9.21 Å². The van der Waals surface area contributed by atoms with Gasteiger partial charge < -0.3 is 15.0 Å². The Hall–Kier alpha value is -2.13. The van der Waals surface area contributed by atoms with Crippen LogP contribution in [0.15, 0.2) is 17.0 Å². The number of piperidine rings is 1. The number of esters is 1. The molecule has 0 radical (unpaired) electrons. The number of hydrogen-bond acceptors (Lipinski definition) is 6. The highest BCUT2D eigenvalue weighted by Gasteiger charge is 2.28. The number of nitrogens with zero attached hydrogens (tertiary/aromatic N) is 2. The van der Waals surface area contributed by atoms with Crippen LogP contribution in [-0.2, 0) is 24.3 Å². The van der Waals surface area contributed by atoms with E-state index in [9.17, 15) is 18.0 Å². The summed E-state index contributed by atoms with van der Waals surface area (Å²) in [5, 5.41) is 3.09. The molecule has 0 bridgehead atoms. The Morgan fingerprint density at radius 1 is 1.21 bits per heavy atom. The monoisotopic (exact) mass is 425 g/mol.